The first kappa shape index (κ1) is 15.6. The lowest BCUT2D eigenvalue weighted by molar-refractivity contribution is 0.0692. The number of aromatic carboxylic acids is 1. The summed E-state index contributed by atoms with van der Waals surface area (Å²) in [4.78, 5) is 10.9. The maximum Gasteiger partial charge on any atom is 0.340 e. The second-order valence-electron chi connectivity index (χ2n) is 4.55. The van der Waals surface area contributed by atoms with Crippen LogP contribution in [0.2, 0.25) is 0 Å². The van der Waals surface area contributed by atoms with E-state index < -0.39 is 32.6 Å². The third-order valence-corrected chi connectivity index (χ3v) is 3.89. The van der Waals surface area contributed by atoms with Gasteiger partial charge in [-0.1, -0.05) is 13.8 Å². The molecule has 0 saturated heterocycles. The van der Waals surface area contributed by atoms with Crippen LogP contribution in [0.5, 0.6) is 0 Å². The topological polar surface area (TPSA) is 132 Å². The molecular formula is C10H17N3O5S. The van der Waals surface area contributed by atoms with Gasteiger partial charge in [-0.15, -0.1) is 0 Å². The highest BCUT2D eigenvalue weighted by Gasteiger charge is 2.27. The first-order chi connectivity index (χ1) is 8.77. The van der Waals surface area contributed by atoms with Gasteiger partial charge in [0, 0.05) is 6.04 Å². The van der Waals surface area contributed by atoms with E-state index in [0.29, 0.717) is 6.42 Å². The number of nitrogens with one attached hydrogen (secondary N) is 2. The average Bonchev–Trinajstić information content (AvgIpc) is 2.76. The van der Waals surface area contributed by atoms with E-state index in [9.17, 15) is 13.2 Å². The molecule has 4 N–H and O–H groups in total. The van der Waals surface area contributed by atoms with Gasteiger partial charge in [-0.05, 0) is 12.3 Å². The van der Waals surface area contributed by atoms with Crippen LogP contribution in [0.1, 0.15) is 30.6 Å². The molecule has 108 valence electrons. The van der Waals surface area contributed by atoms with Gasteiger partial charge in [0.2, 0.25) is 0 Å². The van der Waals surface area contributed by atoms with Crippen LogP contribution < -0.4 is 4.72 Å². The minimum atomic E-state index is -4.06. The summed E-state index contributed by atoms with van der Waals surface area (Å²) in [6.45, 7) is 3.40. The van der Waals surface area contributed by atoms with E-state index in [1.807, 2.05) is 13.8 Å². The molecule has 0 saturated carbocycles. The van der Waals surface area contributed by atoms with Gasteiger partial charge in [-0.25, -0.2) is 17.9 Å². The number of hydrogen-bond acceptors (Lipinski definition) is 5. The number of aromatic amines is 1. The second kappa shape index (κ2) is 6.13. The number of carboxylic acids is 1. The lowest BCUT2D eigenvalue weighted by atomic mass is 10.1. The largest absolute Gasteiger partial charge is 0.478 e. The molecule has 1 aromatic rings. The summed E-state index contributed by atoms with van der Waals surface area (Å²) in [5, 5.41) is 23.0. The van der Waals surface area contributed by atoms with Crippen LogP contribution in [-0.4, -0.2) is 47.4 Å². The first-order valence-corrected chi connectivity index (χ1v) is 7.16. The number of rotatable bonds is 7. The van der Waals surface area contributed by atoms with Gasteiger partial charge >= 0.3 is 5.97 Å². The van der Waals surface area contributed by atoms with Crippen molar-refractivity contribution in [3.63, 3.8) is 0 Å². The molecule has 0 aliphatic carbocycles. The van der Waals surface area contributed by atoms with E-state index in [2.05, 4.69) is 14.9 Å². The van der Waals surface area contributed by atoms with Crippen molar-refractivity contribution < 1.29 is 23.4 Å². The highest BCUT2D eigenvalue weighted by molar-refractivity contribution is 7.89. The molecule has 1 unspecified atom stereocenters. The number of nitrogens with zero attached hydrogens (tertiary/aromatic N) is 1. The van der Waals surface area contributed by atoms with Crippen molar-refractivity contribution in [3.8, 4) is 0 Å². The van der Waals surface area contributed by atoms with E-state index in [-0.39, 0.29) is 12.5 Å². The fourth-order valence-corrected chi connectivity index (χ4v) is 2.97. The molecule has 8 nitrogen and oxygen atoms in total. The van der Waals surface area contributed by atoms with E-state index in [1.54, 1.807) is 0 Å². The molecular weight excluding hydrogens is 274 g/mol. The van der Waals surface area contributed by atoms with Crippen molar-refractivity contribution in [3.05, 3.63) is 11.8 Å². The Bertz CT molecular complexity index is 537. The molecule has 0 bridgehead atoms. The number of aromatic nitrogens is 2. The SMILES string of the molecule is CC(C)CC(CO)NS(=O)(=O)c1[nH]ncc1C(=O)O. The molecule has 1 aromatic heterocycles. The van der Waals surface area contributed by atoms with Crippen molar-refractivity contribution >= 4 is 16.0 Å². The Morgan fingerprint density at radius 2 is 2.16 bits per heavy atom. The van der Waals surface area contributed by atoms with Crippen LogP contribution >= 0.6 is 0 Å². The van der Waals surface area contributed by atoms with E-state index in [4.69, 9.17) is 10.2 Å². The van der Waals surface area contributed by atoms with Crippen LogP contribution in [0.3, 0.4) is 0 Å². The molecule has 0 radical (unpaired) electrons. The minimum Gasteiger partial charge on any atom is -0.478 e. The normalized spacial score (nSPS) is 13.7. The monoisotopic (exact) mass is 291 g/mol. The highest BCUT2D eigenvalue weighted by Crippen LogP contribution is 2.14. The summed E-state index contributed by atoms with van der Waals surface area (Å²) in [6.07, 6.45) is 1.36. The summed E-state index contributed by atoms with van der Waals surface area (Å²) in [5.74, 6) is -1.21. The number of aliphatic hydroxyl groups excluding tert-OH is 1. The lowest BCUT2D eigenvalue weighted by Crippen LogP contribution is -2.39. The van der Waals surface area contributed by atoms with Gasteiger partial charge in [-0.3, -0.25) is 5.10 Å². The fourth-order valence-electron chi connectivity index (χ4n) is 1.64. The molecule has 0 aromatic carbocycles. The predicted molar refractivity (Wildman–Crippen MR) is 66.2 cm³/mol. The van der Waals surface area contributed by atoms with Crippen LogP contribution in [-0.2, 0) is 10.0 Å². The lowest BCUT2D eigenvalue weighted by Gasteiger charge is -2.17. The Balaban J connectivity index is 2.97. The smallest absolute Gasteiger partial charge is 0.340 e. The zero-order valence-corrected chi connectivity index (χ0v) is 11.4. The predicted octanol–water partition coefficient (Wildman–Crippen LogP) is -0.207. The minimum absolute atomic E-state index is 0.181. The molecule has 0 aliphatic heterocycles. The first-order valence-electron chi connectivity index (χ1n) is 5.67. The van der Waals surface area contributed by atoms with Gasteiger partial charge in [0.1, 0.15) is 5.56 Å². The molecule has 19 heavy (non-hydrogen) atoms. The van der Waals surface area contributed by atoms with Gasteiger partial charge in [-0.2, -0.15) is 5.10 Å². The number of aliphatic hydroxyl groups is 1. The Morgan fingerprint density at radius 1 is 1.53 bits per heavy atom. The van der Waals surface area contributed by atoms with Gasteiger partial charge < -0.3 is 10.2 Å². The maximum absolute atomic E-state index is 12.0. The number of sulfonamides is 1. The maximum atomic E-state index is 12.0. The molecule has 1 heterocycles. The van der Waals surface area contributed by atoms with Gasteiger partial charge in [0.25, 0.3) is 10.0 Å². The average molecular weight is 291 g/mol. The van der Waals surface area contributed by atoms with Crippen LogP contribution in [0.15, 0.2) is 11.2 Å². The number of H-pyrrole nitrogens is 1. The second-order valence-corrected chi connectivity index (χ2v) is 6.20. The molecule has 0 amide bonds. The molecule has 0 aliphatic rings. The van der Waals surface area contributed by atoms with Crippen molar-refractivity contribution in [1.29, 1.82) is 0 Å². The van der Waals surface area contributed by atoms with Crippen LogP contribution in [0.25, 0.3) is 0 Å². The van der Waals surface area contributed by atoms with Crippen LogP contribution in [0, 0.1) is 5.92 Å². The quantitative estimate of drug-likeness (QED) is 0.549. The van der Waals surface area contributed by atoms with Crippen molar-refractivity contribution in [2.24, 2.45) is 5.92 Å². The summed E-state index contributed by atoms with van der Waals surface area (Å²) in [7, 11) is -4.06. The van der Waals surface area contributed by atoms with Crippen LogP contribution in [0.4, 0.5) is 0 Å². The fraction of sp³-hybridized carbons (Fsp3) is 0.600. The van der Waals surface area contributed by atoms with E-state index in [0.717, 1.165) is 6.20 Å². The Kier molecular flexibility index (Phi) is 5.04. The van der Waals surface area contributed by atoms with Crippen molar-refractivity contribution in [2.75, 3.05) is 6.61 Å². The molecule has 1 rings (SSSR count). The Hall–Kier alpha value is -1.45. The van der Waals surface area contributed by atoms with Crippen molar-refractivity contribution in [2.45, 2.75) is 31.3 Å². The Morgan fingerprint density at radius 3 is 2.63 bits per heavy atom. The van der Waals surface area contributed by atoms with E-state index in [1.165, 1.54) is 0 Å². The molecule has 0 fully saturated rings. The van der Waals surface area contributed by atoms with Gasteiger partial charge in [0.15, 0.2) is 5.03 Å². The highest BCUT2D eigenvalue weighted by atomic mass is 32.2. The standard InChI is InChI=1S/C10H17N3O5S/c1-6(2)3-7(5-14)13-19(17,18)9-8(10(15)16)4-11-12-9/h4,6-7,13-14H,3,5H2,1-2H3,(H,11,12)(H,15,16). The third kappa shape index (κ3) is 4.01. The summed E-state index contributed by atoms with van der Waals surface area (Å²) >= 11 is 0. The number of hydrogen-bond donors (Lipinski definition) is 4. The number of carbonyl (C=O) groups is 1. The molecule has 0 spiro atoms. The van der Waals surface area contributed by atoms with Gasteiger partial charge in [0.05, 0.1) is 12.8 Å². The van der Waals surface area contributed by atoms with E-state index >= 15 is 0 Å². The van der Waals surface area contributed by atoms with Crippen molar-refractivity contribution in [1.82, 2.24) is 14.9 Å². The summed E-state index contributed by atoms with van der Waals surface area (Å²) < 4.78 is 26.3. The summed E-state index contributed by atoms with van der Waals surface area (Å²) in [6, 6.07) is -0.671. The molecule has 1 atom stereocenters. The zero-order valence-electron chi connectivity index (χ0n) is 10.6. The zero-order chi connectivity index (χ0) is 14.6. The number of carboxylic acid groups (broad SMARTS) is 1. The third-order valence-electron chi connectivity index (χ3n) is 2.40. The molecule has 9 heteroatoms. The summed E-state index contributed by atoms with van der Waals surface area (Å²) in [5.41, 5.74) is -0.436. The Labute approximate surface area is 110 Å².